The fourth-order valence-corrected chi connectivity index (χ4v) is 3.12. The van der Waals surface area contributed by atoms with E-state index in [0.717, 1.165) is 44.1 Å². The number of piperazine rings is 1. The molecule has 2 aromatic rings. The van der Waals surface area contributed by atoms with Gasteiger partial charge in [0.05, 0.1) is 0 Å². The molecular formula is C16H19BrN4. The highest BCUT2D eigenvalue weighted by Gasteiger charge is 2.19. The Morgan fingerprint density at radius 2 is 1.90 bits per heavy atom. The van der Waals surface area contributed by atoms with Crippen LogP contribution in [0.2, 0.25) is 0 Å². The number of hydrogen-bond acceptors (Lipinski definition) is 4. The Morgan fingerprint density at radius 3 is 2.62 bits per heavy atom. The summed E-state index contributed by atoms with van der Waals surface area (Å²) in [5, 5.41) is 0. The van der Waals surface area contributed by atoms with Crippen molar-refractivity contribution in [2.45, 2.75) is 13.5 Å². The second-order valence-corrected chi connectivity index (χ2v) is 6.24. The first-order valence-electron chi connectivity index (χ1n) is 7.21. The molecule has 0 radical (unpaired) electrons. The summed E-state index contributed by atoms with van der Waals surface area (Å²) in [6, 6.07) is 8.45. The third kappa shape index (κ3) is 3.41. The van der Waals surface area contributed by atoms with E-state index in [9.17, 15) is 0 Å². The molecule has 21 heavy (non-hydrogen) atoms. The quantitative estimate of drug-likeness (QED) is 0.855. The van der Waals surface area contributed by atoms with Gasteiger partial charge in [-0.1, -0.05) is 34.1 Å². The predicted molar refractivity (Wildman–Crippen MR) is 88.4 cm³/mol. The second-order valence-electron chi connectivity index (χ2n) is 5.38. The van der Waals surface area contributed by atoms with Crippen molar-refractivity contribution in [3.63, 3.8) is 0 Å². The van der Waals surface area contributed by atoms with Crippen LogP contribution >= 0.6 is 15.9 Å². The van der Waals surface area contributed by atoms with E-state index in [4.69, 9.17) is 0 Å². The highest BCUT2D eigenvalue weighted by Crippen LogP contribution is 2.20. The first-order valence-corrected chi connectivity index (χ1v) is 8.00. The number of nitrogens with zero attached hydrogens (tertiary/aromatic N) is 4. The van der Waals surface area contributed by atoms with Crippen LogP contribution < -0.4 is 4.90 Å². The van der Waals surface area contributed by atoms with E-state index in [-0.39, 0.29) is 0 Å². The number of aromatic nitrogens is 2. The van der Waals surface area contributed by atoms with Crippen molar-refractivity contribution in [3.8, 4) is 0 Å². The summed E-state index contributed by atoms with van der Waals surface area (Å²) in [5.41, 5.74) is 2.50. The highest BCUT2D eigenvalue weighted by molar-refractivity contribution is 9.10. The third-order valence-electron chi connectivity index (χ3n) is 3.89. The Labute approximate surface area is 133 Å². The normalized spacial score (nSPS) is 16.2. The molecule has 0 unspecified atom stereocenters. The molecule has 3 rings (SSSR count). The second kappa shape index (κ2) is 6.54. The number of rotatable bonds is 3. The fraction of sp³-hybridized carbons (Fsp3) is 0.375. The summed E-state index contributed by atoms with van der Waals surface area (Å²) >= 11 is 3.63. The summed E-state index contributed by atoms with van der Waals surface area (Å²) < 4.78 is 1.19. The lowest BCUT2D eigenvalue weighted by atomic mass is 10.2. The lowest BCUT2D eigenvalue weighted by molar-refractivity contribution is 0.249. The van der Waals surface area contributed by atoms with Gasteiger partial charge in [-0.15, -0.1) is 0 Å². The first kappa shape index (κ1) is 14.5. The standard InChI is InChI=1S/C16H19BrN4/c1-13-10-18-12-19-16(13)21-8-6-20(7-9-21)11-14-4-2-3-5-15(14)17/h2-5,10,12H,6-9,11H2,1H3. The smallest absolute Gasteiger partial charge is 0.134 e. The van der Waals surface area contributed by atoms with E-state index in [1.807, 2.05) is 6.20 Å². The Morgan fingerprint density at radius 1 is 1.14 bits per heavy atom. The molecule has 0 amide bonds. The van der Waals surface area contributed by atoms with Gasteiger partial charge in [-0.3, -0.25) is 4.90 Å². The number of hydrogen-bond donors (Lipinski definition) is 0. The maximum atomic E-state index is 4.41. The molecule has 0 saturated carbocycles. The average Bonchev–Trinajstić information content (AvgIpc) is 2.51. The summed E-state index contributed by atoms with van der Waals surface area (Å²) in [7, 11) is 0. The summed E-state index contributed by atoms with van der Waals surface area (Å²) in [5.74, 6) is 1.07. The van der Waals surface area contributed by atoms with E-state index in [1.165, 1.54) is 10.0 Å². The minimum Gasteiger partial charge on any atom is -0.354 e. The summed E-state index contributed by atoms with van der Waals surface area (Å²) in [6.45, 7) is 7.22. The molecule has 2 heterocycles. The maximum absolute atomic E-state index is 4.41. The van der Waals surface area contributed by atoms with Crippen molar-refractivity contribution < 1.29 is 0 Å². The van der Waals surface area contributed by atoms with Gasteiger partial charge in [0.2, 0.25) is 0 Å². The van der Waals surface area contributed by atoms with Crippen molar-refractivity contribution in [2.75, 3.05) is 31.1 Å². The van der Waals surface area contributed by atoms with Gasteiger partial charge in [0, 0.05) is 49.0 Å². The van der Waals surface area contributed by atoms with E-state index in [1.54, 1.807) is 6.33 Å². The molecule has 1 fully saturated rings. The van der Waals surface area contributed by atoms with Crippen LogP contribution in [0, 0.1) is 6.92 Å². The molecule has 0 aliphatic carbocycles. The van der Waals surface area contributed by atoms with E-state index in [2.05, 4.69) is 66.9 Å². The zero-order valence-corrected chi connectivity index (χ0v) is 13.8. The molecule has 0 spiro atoms. The van der Waals surface area contributed by atoms with Crippen LogP contribution in [0.25, 0.3) is 0 Å². The van der Waals surface area contributed by atoms with Gasteiger partial charge in [-0.25, -0.2) is 9.97 Å². The predicted octanol–water partition coefficient (Wildman–Crippen LogP) is 2.87. The lowest BCUT2D eigenvalue weighted by Gasteiger charge is -2.36. The molecule has 1 aromatic heterocycles. The molecule has 0 N–H and O–H groups in total. The van der Waals surface area contributed by atoms with Crippen molar-refractivity contribution >= 4 is 21.7 Å². The molecule has 1 saturated heterocycles. The minimum atomic E-state index is 0.998. The van der Waals surface area contributed by atoms with Gasteiger partial charge in [0.15, 0.2) is 0 Å². The lowest BCUT2D eigenvalue weighted by Crippen LogP contribution is -2.46. The van der Waals surface area contributed by atoms with Crippen LogP contribution in [0.3, 0.4) is 0 Å². The number of benzene rings is 1. The van der Waals surface area contributed by atoms with Crippen LogP contribution in [0.4, 0.5) is 5.82 Å². The first-order chi connectivity index (χ1) is 10.2. The van der Waals surface area contributed by atoms with Gasteiger partial charge in [-0.05, 0) is 18.6 Å². The van der Waals surface area contributed by atoms with E-state index < -0.39 is 0 Å². The minimum absolute atomic E-state index is 0.998. The van der Waals surface area contributed by atoms with Crippen LogP contribution in [-0.4, -0.2) is 41.0 Å². The number of halogens is 1. The molecule has 110 valence electrons. The topological polar surface area (TPSA) is 32.3 Å². The Balaban J connectivity index is 1.61. The molecule has 0 bridgehead atoms. The van der Waals surface area contributed by atoms with Crippen LogP contribution in [0.15, 0.2) is 41.3 Å². The van der Waals surface area contributed by atoms with Gasteiger partial charge in [0.1, 0.15) is 12.1 Å². The summed E-state index contributed by atoms with van der Waals surface area (Å²) in [6.07, 6.45) is 3.52. The highest BCUT2D eigenvalue weighted by atomic mass is 79.9. The van der Waals surface area contributed by atoms with Crippen molar-refractivity contribution in [1.82, 2.24) is 14.9 Å². The van der Waals surface area contributed by atoms with Crippen molar-refractivity contribution in [2.24, 2.45) is 0 Å². The number of aryl methyl sites for hydroxylation is 1. The van der Waals surface area contributed by atoms with Gasteiger partial charge >= 0.3 is 0 Å². The van der Waals surface area contributed by atoms with Gasteiger partial charge in [0.25, 0.3) is 0 Å². The maximum Gasteiger partial charge on any atom is 0.134 e. The van der Waals surface area contributed by atoms with E-state index >= 15 is 0 Å². The Kier molecular flexibility index (Phi) is 4.51. The average molecular weight is 347 g/mol. The molecule has 5 heteroatoms. The number of anilines is 1. The molecule has 4 nitrogen and oxygen atoms in total. The van der Waals surface area contributed by atoms with Gasteiger partial charge < -0.3 is 4.90 Å². The molecule has 1 aromatic carbocycles. The third-order valence-corrected chi connectivity index (χ3v) is 4.66. The monoisotopic (exact) mass is 346 g/mol. The zero-order valence-electron chi connectivity index (χ0n) is 12.2. The summed E-state index contributed by atoms with van der Waals surface area (Å²) in [4.78, 5) is 13.3. The van der Waals surface area contributed by atoms with Gasteiger partial charge in [-0.2, -0.15) is 0 Å². The van der Waals surface area contributed by atoms with Crippen molar-refractivity contribution in [1.29, 1.82) is 0 Å². The molecule has 0 atom stereocenters. The molecule has 1 aliphatic heterocycles. The van der Waals surface area contributed by atoms with Crippen LogP contribution in [0.5, 0.6) is 0 Å². The molecule has 1 aliphatic rings. The SMILES string of the molecule is Cc1cncnc1N1CCN(Cc2ccccc2Br)CC1. The van der Waals surface area contributed by atoms with Crippen LogP contribution in [0.1, 0.15) is 11.1 Å². The Hall–Kier alpha value is -1.46. The zero-order chi connectivity index (χ0) is 14.7. The Bertz CT molecular complexity index is 609. The largest absolute Gasteiger partial charge is 0.354 e. The fourth-order valence-electron chi connectivity index (χ4n) is 2.71. The van der Waals surface area contributed by atoms with Crippen molar-refractivity contribution in [3.05, 3.63) is 52.4 Å². The van der Waals surface area contributed by atoms with Crippen LogP contribution in [-0.2, 0) is 6.54 Å². The van der Waals surface area contributed by atoms with E-state index in [0.29, 0.717) is 0 Å². The molecular weight excluding hydrogens is 328 g/mol.